The van der Waals surface area contributed by atoms with Gasteiger partial charge in [0, 0.05) is 11.7 Å². The number of pyridine rings is 1. The highest BCUT2D eigenvalue weighted by molar-refractivity contribution is 9.10. The Morgan fingerprint density at radius 3 is 2.57 bits per heavy atom. The number of primary amides is 1. The van der Waals surface area contributed by atoms with Crippen molar-refractivity contribution < 1.29 is 4.79 Å². The van der Waals surface area contributed by atoms with E-state index in [0.717, 1.165) is 15.7 Å². The number of carbonyl (C=O) groups is 1. The summed E-state index contributed by atoms with van der Waals surface area (Å²) >= 11 is 9.20. The van der Waals surface area contributed by atoms with Crippen molar-refractivity contribution in [1.29, 1.82) is 0 Å². The Bertz CT molecular complexity index is 648. The van der Waals surface area contributed by atoms with Gasteiger partial charge in [0.15, 0.2) is 0 Å². The number of nitrogens with two attached hydrogens (primary N) is 1. The summed E-state index contributed by atoms with van der Waals surface area (Å²) in [4.78, 5) is 14.8. The molecule has 0 bridgehead atoms. The minimum absolute atomic E-state index is 0.0718. The van der Waals surface area contributed by atoms with Crippen LogP contribution in [0.1, 0.15) is 18.5 Å². The zero-order valence-corrected chi connectivity index (χ0v) is 13.6. The molecule has 5 nitrogen and oxygen atoms in total. The molecule has 7 heteroatoms. The molecular formula is C14H14BrClN4O. The van der Waals surface area contributed by atoms with Gasteiger partial charge in [0.25, 0.3) is 0 Å². The smallest absolute Gasteiger partial charge is 0.316 e. The van der Waals surface area contributed by atoms with E-state index in [4.69, 9.17) is 17.3 Å². The number of benzene rings is 1. The predicted molar refractivity (Wildman–Crippen MR) is 88.6 cm³/mol. The van der Waals surface area contributed by atoms with Crippen LogP contribution in [-0.4, -0.2) is 11.0 Å². The van der Waals surface area contributed by atoms with Crippen LogP contribution in [0.2, 0.25) is 5.15 Å². The summed E-state index contributed by atoms with van der Waals surface area (Å²) in [6.07, 6.45) is 1.67. The molecule has 1 atom stereocenters. The highest BCUT2D eigenvalue weighted by atomic mass is 79.9. The van der Waals surface area contributed by atoms with Crippen LogP contribution in [0.4, 0.5) is 16.2 Å². The Hall–Kier alpha value is -1.79. The van der Waals surface area contributed by atoms with Crippen LogP contribution in [0.3, 0.4) is 0 Å². The number of halogens is 2. The summed E-state index contributed by atoms with van der Waals surface area (Å²) in [5.74, 6) is 0. The first-order chi connectivity index (χ1) is 9.95. The number of nitrogens with zero attached hydrogens (tertiary/aromatic N) is 1. The van der Waals surface area contributed by atoms with Gasteiger partial charge in [-0.15, -0.1) is 0 Å². The van der Waals surface area contributed by atoms with Crippen LogP contribution in [0.15, 0.2) is 41.0 Å². The first kappa shape index (κ1) is 15.6. The number of nitrogens with one attached hydrogen (secondary N) is 2. The Morgan fingerprint density at radius 1 is 1.33 bits per heavy atom. The van der Waals surface area contributed by atoms with Crippen molar-refractivity contribution >= 4 is 44.9 Å². The van der Waals surface area contributed by atoms with Crippen molar-refractivity contribution in [2.75, 3.05) is 10.6 Å². The number of hydrogen-bond donors (Lipinski definition) is 3. The normalized spacial score (nSPS) is 11.8. The highest BCUT2D eigenvalue weighted by Crippen LogP contribution is 2.26. The van der Waals surface area contributed by atoms with E-state index < -0.39 is 6.03 Å². The lowest BCUT2D eigenvalue weighted by Gasteiger charge is -2.16. The summed E-state index contributed by atoms with van der Waals surface area (Å²) in [5, 5.41) is 6.27. The van der Waals surface area contributed by atoms with Crippen molar-refractivity contribution in [2.45, 2.75) is 13.0 Å². The quantitative estimate of drug-likeness (QED) is 0.708. The molecule has 0 aliphatic rings. The second-order valence-corrected chi connectivity index (χ2v) is 5.69. The Kier molecular flexibility index (Phi) is 5.03. The van der Waals surface area contributed by atoms with Gasteiger partial charge in [0.05, 0.1) is 16.4 Å². The molecule has 21 heavy (non-hydrogen) atoms. The molecule has 1 aromatic carbocycles. The molecular weight excluding hydrogens is 356 g/mol. The maximum absolute atomic E-state index is 10.8. The molecule has 0 aliphatic heterocycles. The van der Waals surface area contributed by atoms with Gasteiger partial charge in [-0.2, -0.15) is 0 Å². The van der Waals surface area contributed by atoms with Crippen LogP contribution >= 0.6 is 27.5 Å². The third-order valence-electron chi connectivity index (χ3n) is 2.86. The summed E-state index contributed by atoms with van der Waals surface area (Å²) in [6, 6.07) is 8.80. The van der Waals surface area contributed by atoms with Gasteiger partial charge in [0.2, 0.25) is 0 Å². The first-order valence-corrected chi connectivity index (χ1v) is 7.37. The van der Waals surface area contributed by atoms with Gasteiger partial charge in [-0.25, -0.2) is 9.78 Å². The van der Waals surface area contributed by atoms with Crippen molar-refractivity contribution in [3.63, 3.8) is 0 Å². The van der Waals surface area contributed by atoms with Gasteiger partial charge in [-0.3, -0.25) is 0 Å². The monoisotopic (exact) mass is 368 g/mol. The van der Waals surface area contributed by atoms with E-state index >= 15 is 0 Å². The zero-order chi connectivity index (χ0) is 15.4. The fourth-order valence-electron chi connectivity index (χ4n) is 1.83. The number of aromatic nitrogens is 1. The fourth-order valence-corrected chi connectivity index (χ4v) is 2.28. The number of urea groups is 1. The number of rotatable bonds is 4. The second-order valence-electron chi connectivity index (χ2n) is 4.47. The lowest BCUT2D eigenvalue weighted by molar-refractivity contribution is 0.259. The van der Waals surface area contributed by atoms with Gasteiger partial charge in [-0.1, -0.05) is 23.7 Å². The molecule has 2 rings (SSSR count). The molecule has 0 radical (unpaired) electrons. The van der Waals surface area contributed by atoms with Crippen molar-refractivity contribution in [3.05, 3.63) is 51.7 Å². The average Bonchev–Trinajstić information content (AvgIpc) is 2.43. The van der Waals surface area contributed by atoms with Gasteiger partial charge in [0.1, 0.15) is 5.15 Å². The number of anilines is 2. The van der Waals surface area contributed by atoms with E-state index in [1.165, 1.54) is 0 Å². The van der Waals surface area contributed by atoms with Crippen molar-refractivity contribution in [3.8, 4) is 0 Å². The SMILES string of the molecule is CC(Nc1cnc(Cl)c(Br)c1)c1ccc(NC(N)=O)cc1. The number of amides is 2. The average molecular weight is 370 g/mol. The molecule has 4 N–H and O–H groups in total. The number of hydrogen-bond acceptors (Lipinski definition) is 3. The predicted octanol–water partition coefficient (Wildman–Crippen LogP) is 4.16. The summed E-state index contributed by atoms with van der Waals surface area (Å²) in [6.45, 7) is 2.03. The van der Waals surface area contributed by atoms with Gasteiger partial charge in [-0.05, 0) is 46.6 Å². The summed E-state index contributed by atoms with van der Waals surface area (Å²) in [5.41, 5.74) is 7.65. The topological polar surface area (TPSA) is 80.0 Å². The third-order valence-corrected chi connectivity index (χ3v) is 3.99. The molecule has 0 fully saturated rings. The Labute approximate surface area is 136 Å². The van der Waals surface area contributed by atoms with Crippen molar-refractivity contribution in [2.24, 2.45) is 5.73 Å². The van der Waals surface area contributed by atoms with E-state index in [1.807, 2.05) is 25.1 Å². The highest BCUT2D eigenvalue weighted by Gasteiger charge is 2.07. The molecule has 0 aliphatic carbocycles. The third kappa shape index (κ3) is 4.34. The molecule has 2 aromatic rings. The largest absolute Gasteiger partial charge is 0.377 e. The van der Waals surface area contributed by atoms with Crippen molar-refractivity contribution in [1.82, 2.24) is 4.98 Å². The lowest BCUT2D eigenvalue weighted by Crippen LogP contribution is -2.19. The summed E-state index contributed by atoms with van der Waals surface area (Å²) in [7, 11) is 0. The van der Waals surface area contributed by atoms with Crippen LogP contribution in [-0.2, 0) is 0 Å². The molecule has 1 unspecified atom stereocenters. The minimum atomic E-state index is -0.578. The van der Waals surface area contributed by atoms with E-state index in [-0.39, 0.29) is 6.04 Å². The van der Waals surface area contributed by atoms with Gasteiger partial charge < -0.3 is 16.4 Å². The lowest BCUT2D eigenvalue weighted by atomic mass is 10.1. The van der Waals surface area contributed by atoms with Crippen LogP contribution in [0.5, 0.6) is 0 Å². The first-order valence-electron chi connectivity index (χ1n) is 6.19. The molecule has 110 valence electrons. The van der Waals surface area contributed by atoms with Crippen LogP contribution < -0.4 is 16.4 Å². The molecule has 1 heterocycles. The Morgan fingerprint density at radius 2 is 2.00 bits per heavy atom. The maximum Gasteiger partial charge on any atom is 0.316 e. The summed E-state index contributed by atoms with van der Waals surface area (Å²) < 4.78 is 0.738. The standard InChI is InChI=1S/C14H14BrClN4O/c1-8(19-11-6-12(15)13(16)18-7-11)9-2-4-10(5-3-9)20-14(17)21/h2-8,19H,1H3,(H3,17,20,21). The molecule has 0 saturated carbocycles. The fraction of sp³-hybridized carbons (Fsp3) is 0.143. The maximum atomic E-state index is 10.8. The Balaban J connectivity index is 2.07. The van der Waals surface area contributed by atoms with E-state index in [2.05, 4.69) is 31.5 Å². The van der Waals surface area contributed by atoms with Crippen LogP contribution in [0, 0.1) is 0 Å². The van der Waals surface area contributed by atoms with E-state index in [9.17, 15) is 4.79 Å². The van der Waals surface area contributed by atoms with Crippen LogP contribution in [0.25, 0.3) is 0 Å². The minimum Gasteiger partial charge on any atom is -0.377 e. The molecule has 0 saturated heterocycles. The van der Waals surface area contributed by atoms with E-state index in [0.29, 0.717) is 10.8 Å². The zero-order valence-electron chi connectivity index (χ0n) is 11.2. The molecule has 2 amide bonds. The molecule has 1 aromatic heterocycles. The van der Waals surface area contributed by atoms with Gasteiger partial charge >= 0.3 is 6.03 Å². The number of carbonyl (C=O) groups excluding carboxylic acids is 1. The van der Waals surface area contributed by atoms with E-state index in [1.54, 1.807) is 18.3 Å². The second kappa shape index (κ2) is 6.78. The molecule has 0 spiro atoms.